The Hall–Kier alpha value is -1.52. The van der Waals surface area contributed by atoms with Gasteiger partial charge >= 0.3 is 5.97 Å². The number of nitrogens with zero attached hydrogens (tertiary/aromatic N) is 1. The van der Waals surface area contributed by atoms with Gasteiger partial charge in [-0.15, -0.1) is 0 Å². The van der Waals surface area contributed by atoms with Gasteiger partial charge in [0.2, 0.25) is 0 Å². The molecule has 0 fully saturated rings. The molecule has 0 saturated carbocycles. The summed E-state index contributed by atoms with van der Waals surface area (Å²) in [7, 11) is 1.88. The molecule has 2 aromatic rings. The molecule has 0 aliphatic heterocycles. The standard InChI is InChI=1S/C12H13ClN2O2.C2H6/c1-15-6-7(5-10(14)12(16)17)8-3-2-4-9(13)11(8)15;1-2/h2-4,6,10H,5,14H2,1H3,(H,16,17);1-2H3. The van der Waals surface area contributed by atoms with Gasteiger partial charge in [0.15, 0.2) is 0 Å². The SMILES string of the molecule is CC.Cn1cc(CC(N)C(=O)O)c2cccc(Cl)c21. The first-order chi connectivity index (χ1) is 9.00. The van der Waals surface area contributed by atoms with Crippen molar-refractivity contribution in [3.05, 3.63) is 35.0 Å². The van der Waals surface area contributed by atoms with Crippen molar-refractivity contribution in [2.45, 2.75) is 26.3 Å². The molecule has 5 heteroatoms. The van der Waals surface area contributed by atoms with Crippen LogP contribution in [0.15, 0.2) is 24.4 Å². The number of hydrogen-bond donors (Lipinski definition) is 2. The lowest BCUT2D eigenvalue weighted by Crippen LogP contribution is -2.32. The van der Waals surface area contributed by atoms with Gasteiger partial charge in [0.25, 0.3) is 0 Å². The summed E-state index contributed by atoms with van der Waals surface area (Å²) in [6, 6.07) is 4.69. The van der Waals surface area contributed by atoms with Crippen molar-refractivity contribution in [2.24, 2.45) is 12.8 Å². The molecule has 0 saturated heterocycles. The van der Waals surface area contributed by atoms with Crippen molar-refractivity contribution in [1.29, 1.82) is 0 Å². The molecular formula is C14H19ClN2O2. The molecule has 2 rings (SSSR count). The Morgan fingerprint density at radius 3 is 2.68 bits per heavy atom. The zero-order chi connectivity index (χ0) is 14.6. The maximum atomic E-state index is 10.8. The molecule has 3 N–H and O–H groups in total. The van der Waals surface area contributed by atoms with Crippen LogP contribution in [-0.4, -0.2) is 21.7 Å². The first-order valence-corrected chi connectivity index (χ1v) is 6.59. The number of hydrogen-bond acceptors (Lipinski definition) is 2. The van der Waals surface area contributed by atoms with Crippen molar-refractivity contribution in [2.75, 3.05) is 0 Å². The second kappa shape index (κ2) is 6.59. The third-order valence-corrected chi connectivity index (χ3v) is 3.10. The Balaban J connectivity index is 0.000000861. The van der Waals surface area contributed by atoms with E-state index in [2.05, 4.69) is 0 Å². The van der Waals surface area contributed by atoms with E-state index < -0.39 is 12.0 Å². The normalized spacial score (nSPS) is 11.8. The molecule has 0 amide bonds. The summed E-state index contributed by atoms with van der Waals surface area (Å²) in [6.45, 7) is 4.00. The molecular weight excluding hydrogens is 264 g/mol. The van der Waals surface area contributed by atoms with Crippen LogP contribution in [0.5, 0.6) is 0 Å². The maximum Gasteiger partial charge on any atom is 0.320 e. The van der Waals surface area contributed by atoms with Crippen LogP contribution >= 0.6 is 11.6 Å². The number of benzene rings is 1. The Kier molecular flexibility index (Phi) is 5.39. The molecule has 0 bridgehead atoms. The lowest BCUT2D eigenvalue weighted by Gasteiger charge is -2.04. The zero-order valence-electron chi connectivity index (χ0n) is 11.4. The minimum atomic E-state index is -0.996. The minimum absolute atomic E-state index is 0.299. The van der Waals surface area contributed by atoms with Crippen molar-refractivity contribution in [3.8, 4) is 0 Å². The quantitative estimate of drug-likeness (QED) is 0.909. The summed E-state index contributed by atoms with van der Waals surface area (Å²) < 4.78 is 1.89. The highest BCUT2D eigenvalue weighted by atomic mass is 35.5. The first kappa shape index (κ1) is 15.5. The molecule has 1 unspecified atom stereocenters. The molecule has 0 aliphatic carbocycles. The van der Waals surface area contributed by atoms with E-state index in [4.69, 9.17) is 22.4 Å². The van der Waals surface area contributed by atoms with Crippen LogP contribution in [0.4, 0.5) is 0 Å². The van der Waals surface area contributed by atoms with Crippen LogP contribution in [0.1, 0.15) is 19.4 Å². The van der Waals surface area contributed by atoms with Crippen LogP contribution in [0.2, 0.25) is 5.02 Å². The van der Waals surface area contributed by atoms with Gasteiger partial charge in [0.05, 0.1) is 10.5 Å². The second-order valence-corrected chi connectivity index (χ2v) is 4.46. The van der Waals surface area contributed by atoms with E-state index in [1.165, 1.54) is 0 Å². The van der Waals surface area contributed by atoms with E-state index in [1.54, 1.807) is 0 Å². The van der Waals surface area contributed by atoms with Gasteiger partial charge in [-0.3, -0.25) is 4.79 Å². The van der Waals surface area contributed by atoms with E-state index in [0.717, 1.165) is 16.5 Å². The molecule has 0 spiro atoms. The van der Waals surface area contributed by atoms with Gasteiger partial charge in [-0.05, 0) is 11.6 Å². The monoisotopic (exact) mass is 282 g/mol. The summed E-state index contributed by atoms with van der Waals surface area (Å²) in [5.74, 6) is -0.996. The highest BCUT2D eigenvalue weighted by Gasteiger charge is 2.16. The van der Waals surface area contributed by atoms with Crippen molar-refractivity contribution >= 4 is 28.5 Å². The average molecular weight is 283 g/mol. The maximum absolute atomic E-state index is 10.8. The van der Waals surface area contributed by atoms with Gasteiger partial charge in [0.1, 0.15) is 6.04 Å². The Morgan fingerprint density at radius 1 is 1.47 bits per heavy atom. The third-order valence-electron chi connectivity index (χ3n) is 2.79. The summed E-state index contributed by atoms with van der Waals surface area (Å²) in [4.78, 5) is 10.8. The van der Waals surface area contributed by atoms with Gasteiger partial charge in [-0.2, -0.15) is 0 Å². The van der Waals surface area contributed by atoms with Crippen molar-refractivity contribution < 1.29 is 9.90 Å². The van der Waals surface area contributed by atoms with Gasteiger partial charge in [-0.25, -0.2) is 0 Å². The lowest BCUT2D eigenvalue weighted by molar-refractivity contribution is -0.138. The smallest absolute Gasteiger partial charge is 0.320 e. The number of halogens is 1. The highest BCUT2D eigenvalue weighted by molar-refractivity contribution is 6.35. The number of carbonyl (C=O) groups is 1. The van der Waals surface area contributed by atoms with E-state index in [0.29, 0.717) is 11.4 Å². The van der Waals surface area contributed by atoms with E-state index in [9.17, 15) is 4.79 Å². The summed E-state index contributed by atoms with van der Waals surface area (Å²) in [6.07, 6.45) is 2.17. The van der Waals surface area contributed by atoms with Gasteiger partial charge < -0.3 is 15.4 Å². The average Bonchev–Trinajstić information content (AvgIpc) is 2.70. The van der Waals surface area contributed by atoms with E-state index in [-0.39, 0.29) is 0 Å². The van der Waals surface area contributed by atoms with Crippen LogP contribution < -0.4 is 5.73 Å². The third kappa shape index (κ3) is 3.28. The Morgan fingerprint density at radius 2 is 2.11 bits per heavy atom. The highest BCUT2D eigenvalue weighted by Crippen LogP contribution is 2.27. The molecule has 1 aromatic carbocycles. The number of para-hydroxylation sites is 1. The van der Waals surface area contributed by atoms with E-state index >= 15 is 0 Å². The first-order valence-electron chi connectivity index (χ1n) is 6.21. The number of aliphatic carboxylic acids is 1. The van der Waals surface area contributed by atoms with Crippen LogP contribution in [0.3, 0.4) is 0 Å². The fraction of sp³-hybridized carbons (Fsp3) is 0.357. The van der Waals surface area contributed by atoms with Crippen molar-refractivity contribution in [1.82, 2.24) is 4.57 Å². The molecule has 4 nitrogen and oxygen atoms in total. The van der Waals surface area contributed by atoms with Crippen LogP contribution in [0, 0.1) is 0 Å². The predicted octanol–water partition coefficient (Wildman–Crippen LogP) is 2.81. The fourth-order valence-electron chi connectivity index (χ4n) is 1.99. The summed E-state index contributed by atoms with van der Waals surface area (Å²) in [5.41, 5.74) is 7.35. The van der Waals surface area contributed by atoms with E-state index in [1.807, 2.05) is 49.9 Å². The van der Waals surface area contributed by atoms with Gasteiger partial charge in [0, 0.05) is 25.1 Å². The number of nitrogens with two attached hydrogens (primary N) is 1. The minimum Gasteiger partial charge on any atom is -0.480 e. The Labute approximate surface area is 117 Å². The molecule has 19 heavy (non-hydrogen) atoms. The number of carboxylic acids is 1. The van der Waals surface area contributed by atoms with Gasteiger partial charge in [-0.1, -0.05) is 37.6 Å². The van der Waals surface area contributed by atoms with Crippen molar-refractivity contribution in [3.63, 3.8) is 0 Å². The number of aromatic nitrogens is 1. The number of aryl methyl sites for hydroxylation is 1. The number of fused-ring (bicyclic) bond motifs is 1. The summed E-state index contributed by atoms with van der Waals surface area (Å²) >= 11 is 6.11. The lowest BCUT2D eigenvalue weighted by atomic mass is 10.1. The Bertz CT molecular complexity index is 578. The number of carboxylic acid groups (broad SMARTS) is 1. The molecule has 1 atom stereocenters. The second-order valence-electron chi connectivity index (χ2n) is 4.05. The molecule has 1 aromatic heterocycles. The predicted molar refractivity (Wildman–Crippen MR) is 78.6 cm³/mol. The largest absolute Gasteiger partial charge is 0.480 e. The molecule has 0 radical (unpaired) electrons. The van der Waals surface area contributed by atoms with Crippen LogP contribution in [-0.2, 0) is 18.3 Å². The molecule has 0 aliphatic rings. The zero-order valence-corrected chi connectivity index (χ0v) is 12.1. The molecule has 104 valence electrons. The summed E-state index contributed by atoms with van der Waals surface area (Å²) in [5, 5.41) is 10.4. The molecule has 1 heterocycles. The fourth-order valence-corrected chi connectivity index (χ4v) is 2.30. The topological polar surface area (TPSA) is 68.2 Å². The van der Waals surface area contributed by atoms with Crippen LogP contribution in [0.25, 0.3) is 10.9 Å². The number of rotatable bonds is 3.